The van der Waals surface area contributed by atoms with Crippen LogP contribution in [-0.4, -0.2) is 53.1 Å². The highest BCUT2D eigenvalue weighted by molar-refractivity contribution is 5.85. The van der Waals surface area contributed by atoms with Crippen molar-refractivity contribution >= 4 is 30.3 Å². The SMILES string of the molecule is CCCC(=O)NC(C)(C)C.CN(CC(=O)NC(C)(C)C)C(=O)OC(C)(C)C.Cl. The molecule has 0 saturated heterocycles. The second-order valence-electron chi connectivity index (χ2n) is 9.68. The van der Waals surface area contributed by atoms with Crippen molar-refractivity contribution in [3.05, 3.63) is 0 Å². The molecule has 0 aliphatic carbocycles. The Morgan fingerprint density at radius 3 is 1.54 bits per heavy atom. The number of likely N-dealkylation sites (N-methyl/N-ethyl adjacent to an activating group) is 1. The molecule has 0 bridgehead atoms. The first-order valence-electron chi connectivity index (χ1n) is 9.42. The molecular weight excluding hydrogens is 382 g/mol. The molecule has 0 aromatic rings. The molecule has 0 unspecified atom stereocenters. The molecule has 0 aromatic heterocycles. The van der Waals surface area contributed by atoms with Gasteiger partial charge in [0.25, 0.3) is 0 Å². The number of nitrogens with one attached hydrogen (secondary N) is 2. The van der Waals surface area contributed by atoms with E-state index in [0.29, 0.717) is 6.42 Å². The smallest absolute Gasteiger partial charge is 0.410 e. The Balaban J connectivity index is -0.000000489. The average molecular weight is 424 g/mol. The Morgan fingerprint density at radius 2 is 1.21 bits per heavy atom. The van der Waals surface area contributed by atoms with Gasteiger partial charge in [-0.3, -0.25) is 9.59 Å². The number of ether oxygens (including phenoxy) is 1. The van der Waals surface area contributed by atoms with Crippen molar-refractivity contribution < 1.29 is 19.1 Å². The molecule has 3 amide bonds. The van der Waals surface area contributed by atoms with E-state index in [0.717, 1.165) is 6.42 Å². The van der Waals surface area contributed by atoms with Crippen molar-refractivity contribution in [1.29, 1.82) is 0 Å². The fourth-order valence-electron chi connectivity index (χ4n) is 1.79. The predicted octanol–water partition coefficient (Wildman–Crippen LogP) is 3.89. The minimum Gasteiger partial charge on any atom is -0.444 e. The van der Waals surface area contributed by atoms with E-state index in [4.69, 9.17) is 4.74 Å². The second-order valence-corrected chi connectivity index (χ2v) is 9.68. The fourth-order valence-corrected chi connectivity index (χ4v) is 1.79. The average Bonchev–Trinajstić information content (AvgIpc) is 2.32. The first kappa shape index (κ1) is 31.2. The van der Waals surface area contributed by atoms with E-state index in [9.17, 15) is 14.4 Å². The maximum Gasteiger partial charge on any atom is 0.410 e. The van der Waals surface area contributed by atoms with Gasteiger partial charge in [-0.15, -0.1) is 12.4 Å². The molecule has 0 fully saturated rings. The third-order valence-corrected chi connectivity index (χ3v) is 2.59. The van der Waals surface area contributed by atoms with Crippen molar-refractivity contribution in [2.45, 2.75) is 98.8 Å². The van der Waals surface area contributed by atoms with Crippen LogP contribution < -0.4 is 10.6 Å². The molecule has 0 saturated carbocycles. The van der Waals surface area contributed by atoms with Crippen LogP contribution in [0.15, 0.2) is 0 Å². The maximum atomic E-state index is 11.6. The van der Waals surface area contributed by atoms with Crippen molar-refractivity contribution in [3.8, 4) is 0 Å². The number of carbonyl (C=O) groups is 3. The molecule has 0 atom stereocenters. The molecule has 2 N–H and O–H groups in total. The minimum atomic E-state index is -0.550. The highest BCUT2D eigenvalue weighted by Crippen LogP contribution is 2.09. The number of nitrogens with zero attached hydrogens (tertiary/aromatic N) is 1. The first-order chi connectivity index (χ1) is 11.9. The number of carbonyl (C=O) groups excluding carboxylic acids is 3. The van der Waals surface area contributed by atoms with Crippen LogP contribution in [0.3, 0.4) is 0 Å². The standard InChI is InChI=1S/C12H24N2O3.C8H17NO.ClH/c1-11(2,3)13-9(15)8-14(7)10(16)17-12(4,5)6;1-5-6-7(10)9-8(2,3)4;/h8H2,1-7H3,(H,13,15);5-6H2,1-4H3,(H,9,10);1H. The Morgan fingerprint density at radius 1 is 0.821 bits per heavy atom. The van der Waals surface area contributed by atoms with Crippen LogP contribution in [0.1, 0.15) is 82.1 Å². The van der Waals surface area contributed by atoms with Crippen LogP contribution in [0.5, 0.6) is 0 Å². The fraction of sp³-hybridized carbons (Fsp3) is 0.850. The topological polar surface area (TPSA) is 87.7 Å². The summed E-state index contributed by atoms with van der Waals surface area (Å²) in [4.78, 5) is 35.4. The Hall–Kier alpha value is -1.50. The zero-order valence-electron chi connectivity index (χ0n) is 19.6. The minimum absolute atomic E-state index is 0. The van der Waals surface area contributed by atoms with Crippen molar-refractivity contribution in [1.82, 2.24) is 15.5 Å². The van der Waals surface area contributed by atoms with Gasteiger partial charge in [0.05, 0.1) is 0 Å². The van der Waals surface area contributed by atoms with E-state index in [1.807, 2.05) is 48.5 Å². The van der Waals surface area contributed by atoms with E-state index in [-0.39, 0.29) is 41.8 Å². The van der Waals surface area contributed by atoms with E-state index >= 15 is 0 Å². The van der Waals surface area contributed by atoms with Gasteiger partial charge in [-0.05, 0) is 68.7 Å². The zero-order valence-corrected chi connectivity index (χ0v) is 20.4. The van der Waals surface area contributed by atoms with Gasteiger partial charge in [-0.25, -0.2) is 4.79 Å². The van der Waals surface area contributed by atoms with Crippen LogP contribution in [0.2, 0.25) is 0 Å². The largest absolute Gasteiger partial charge is 0.444 e. The molecular formula is C20H42ClN3O4. The normalized spacial score (nSPS) is 11.2. The first-order valence-corrected chi connectivity index (χ1v) is 9.42. The van der Waals surface area contributed by atoms with Gasteiger partial charge in [0.1, 0.15) is 12.1 Å². The van der Waals surface area contributed by atoms with Gasteiger partial charge in [0.15, 0.2) is 0 Å². The van der Waals surface area contributed by atoms with E-state index < -0.39 is 11.7 Å². The van der Waals surface area contributed by atoms with E-state index in [2.05, 4.69) is 10.6 Å². The van der Waals surface area contributed by atoms with Crippen molar-refractivity contribution in [3.63, 3.8) is 0 Å². The lowest BCUT2D eigenvalue weighted by Gasteiger charge is -2.26. The summed E-state index contributed by atoms with van der Waals surface area (Å²) in [5, 5.41) is 5.66. The highest BCUT2D eigenvalue weighted by Gasteiger charge is 2.22. The molecule has 168 valence electrons. The third-order valence-electron chi connectivity index (χ3n) is 2.59. The number of halogens is 1. The summed E-state index contributed by atoms with van der Waals surface area (Å²) in [6.07, 6.45) is 1.06. The third kappa shape index (κ3) is 22.5. The summed E-state index contributed by atoms with van der Waals surface area (Å²) in [5.41, 5.74) is -0.927. The van der Waals surface area contributed by atoms with Gasteiger partial charge in [0, 0.05) is 24.5 Å². The van der Waals surface area contributed by atoms with Crippen LogP contribution in [0, 0.1) is 0 Å². The summed E-state index contributed by atoms with van der Waals surface area (Å²) >= 11 is 0. The van der Waals surface area contributed by atoms with Gasteiger partial charge in [0.2, 0.25) is 11.8 Å². The Labute approximate surface area is 177 Å². The molecule has 0 aliphatic rings. The maximum absolute atomic E-state index is 11.6. The molecule has 8 heteroatoms. The lowest BCUT2D eigenvalue weighted by atomic mass is 10.1. The van der Waals surface area contributed by atoms with Crippen molar-refractivity contribution in [2.75, 3.05) is 13.6 Å². The lowest BCUT2D eigenvalue weighted by Crippen LogP contribution is -2.47. The number of hydrogen-bond donors (Lipinski definition) is 2. The highest BCUT2D eigenvalue weighted by atomic mass is 35.5. The number of rotatable bonds is 4. The second kappa shape index (κ2) is 12.9. The molecule has 28 heavy (non-hydrogen) atoms. The molecule has 0 radical (unpaired) electrons. The van der Waals surface area contributed by atoms with Gasteiger partial charge in [-0.2, -0.15) is 0 Å². The number of hydrogen-bond acceptors (Lipinski definition) is 4. The Kier molecular flexibility index (Phi) is 14.3. The summed E-state index contributed by atoms with van der Waals surface area (Å²) in [6.45, 7) is 19.0. The monoisotopic (exact) mass is 423 g/mol. The Bertz CT molecular complexity index is 489. The molecule has 0 aromatic carbocycles. The van der Waals surface area contributed by atoms with E-state index in [1.165, 1.54) is 11.9 Å². The molecule has 0 heterocycles. The quantitative estimate of drug-likeness (QED) is 0.717. The predicted molar refractivity (Wildman–Crippen MR) is 117 cm³/mol. The summed E-state index contributed by atoms with van der Waals surface area (Å²) < 4.78 is 5.14. The number of amides is 3. The van der Waals surface area contributed by atoms with Gasteiger partial charge < -0.3 is 20.3 Å². The molecule has 0 rings (SSSR count). The molecule has 0 spiro atoms. The lowest BCUT2D eigenvalue weighted by molar-refractivity contribution is -0.123. The van der Waals surface area contributed by atoms with Crippen LogP contribution in [-0.2, 0) is 14.3 Å². The summed E-state index contributed by atoms with van der Waals surface area (Å²) in [6, 6.07) is 0. The van der Waals surface area contributed by atoms with Gasteiger partial charge in [-0.1, -0.05) is 6.92 Å². The van der Waals surface area contributed by atoms with Crippen molar-refractivity contribution in [2.24, 2.45) is 0 Å². The van der Waals surface area contributed by atoms with E-state index in [1.54, 1.807) is 20.8 Å². The van der Waals surface area contributed by atoms with Crippen LogP contribution >= 0.6 is 12.4 Å². The molecule has 7 nitrogen and oxygen atoms in total. The van der Waals surface area contributed by atoms with Gasteiger partial charge >= 0.3 is 6.09 Å². The summed E-state index contributed by atoms with van der Waals surface area (Å²) in [5.74, 6) is -0.0548. The van der Waals surface area contributed by atoms with Crippen LogP contribution in [0.25, 0.3) is 0 Å². The van der Waals surface area contributed by atoms with Crippen LogP contribution in [0.4, 0.5) is 4.79 Å². The molecule has 0 aliphatic heterocycles. The summed E-state index contributed by atoms with van der Waals surface area (Å²) in [7, 11) is 1.54. The zero-order chi connectivity index (χ0) is 22.1.